The number of carboxylic acid groups (broad SMARTS) is 1. The Kier molecular flexibility index (Phi) is 6.82. The van der Waals surface area contributed by atoms with Crippen molar-refractivity contribution in [3.63, 3.8) is 0 Å². The molecule has 0 amide bonds. The van der Waals surface area contributed by atoms with Gasteiger partial charge in [-0.2, -0.15) is 0 Å². The number of ether oxygens (including phenoxy) is 2. The molecule has 0 bridgehead atoms. The van der Waals surface area contributed by atoms with Crippen molar-refractivity contribution in [3.8, 4) is 17.2 Å². The summed E-state index contributed by atoms with van der Waals surface area (Å²) in [6.45, 7) is 8.85. The van der Waals surface area contributed by atoms with Gasteiger partial charge in [-0.05, 0) is 74.9 Å². The van der Waals surface area contributed by atoms with Gasteiger partial charge in [-0.15, -0.1) is 5.10 Å². The fourth-order valence-electron chi connectivity index (χ4n) is 4.45. The van der Waals surface area contributed by atoms with Gasteiger partial charge in [-0.3, -0.25) is 0 Å². The van der Waals surface area contributed by atoms with E-state index >= 15 is 0 Å². The molecule has 1 aliphatic rings. The third kappa shape index (κ3) is 5.31. The molecule has 3 aromatic rings. The van der Waals surface area contributed by atoms with Crippen molar-refractivity contribution in [2.75, 3.05) is 6.61 Å². The molecule has 0 fully saturated rings. The summed E-state index contributed by atoms with van der Waals surface area (Å²) in [7, 11) is 0. The highest BCUT2D eigenvalue weighted by atomic mass is 16.5. The van der Waals surface area contributed by atoms with Crippen LogP contribution in [0.1, 0.15) is 53.1 Å². The molecule has 0 saturated heterocycles. The van der Waals surface area contributed by atoms with E-state index in [0.717, 1.165) is 52.5 Å². The molecule has 4 rings (SSSR count). The third-order valence-electron chi connectivity index (χ3n) is 6.78. The molecule has 2 aromatic carbocycles. The van der Waals surface area contributed by atoms with Gasteiger partial charge < -0.3 is 19.7 Å². The zero-order valence-electron chi connectivity index (χ0n) is 20.5. The predicted molar refractivity (Wildman–Crippen MR) is 132 cm³/mol. The summed E-state index contributed by atoms with van der Waals surface area (Å²) in [5.74, 6) is 0.806. The lowest BCUT2D eigenvalue weighted by molar-refractivity contribution is -0.131. The number of hydrogen-bond donors (Lipinski definition) is 2. The minimum Gasteiger partial charge on any atom is -0.507 e. The SMILES string of the molecule is Cc1c(C)c2c(c(C)c1O)CCC(C)(CCOc1cc(Cn3ccnn3)ccc1/C=C/C(=O)O)O2. The number of aromatic nitrogens is 3. The Bertz CT molecular complexity index is 1270. The monoisotopic (exact) mass is 477 g/mol. The summed E-state index contributed by atoms with van der Waals surface area (Å²) in [4.78, 5) is 11.0. The maximum atomic E-state index is 11.0. The Labute approximate surface area is 204 Å². The van der Waals surface area contributed by atoms with Gasteiger partial charge in [0.15, 0.2) is 0 Å². The number of aromatic hydroxyl groups is 1. The standard InChI is InChI=1S/C27H31N3O5/c1-17-18(2)26-22(19(3)25(17)33)9-10-27(4,35-26)11-14-34-23-15-20(16-30-13-12-28-29-30)5-6-21(23)7-8-24(31)32/h5-8,12-13,15,33H,9-11,14,16H2,1-4H3,(H,31,32)/b8-7+. The molecule has 0 radical (unpaired) electrons. The van der Waals surface area contributed by atoms with E-state index in [1.54, 1.807) is 17.1 Å². The first-order valence-electron chi connectivity index (χ1n) is 11.7. The largest absolute Gasteiger partial charge is 0.507 e. The number of nitrogens with zero attached hydrogens (tertiary/aromatic N) is 3. The molecule has 2 heterocycles. The highest BCUT2D eigenvalue weighted by molar-refractivity contribution is 5.85. The molecular weight excluding hydrogens is 446 g/mol. The topological polar surface area (TPSA) is 107 Å². The summed E-state index contributed by atoms with van der Waals surface area (Å²) in [5, 5.41) is 27.3. The number of aliphatic carboxylic acids is 1. The van der Waals surface area contributed by atoms with Crippen molar-refractivity contribution in [2.45, 2.75) is 59.1 Å². The van der Waals surface area contributed by atoms with Gasteiger partial charge in [0.2, 0.25) is 0 Å². The number of phenolic OH excluding ortho intramolecular Hbond substituents is 1. The Morgan fingerprint density at radius 1 is 1.26 bits per heavy atom. The number of fused-ring (bicyclic) bond motifs is 1. The maximum Gasteiger partial charge on any atom is 0.328 e. The molecule has 0 aliphatic carbocycles. The van der Waals surface area contributed by atoms with Crippen LogP contribution < -0.4 is 9.47 Å². The lowest BCUT2D eigenvalue weighted by Crippen LogP contribution is -2.38. The Morgan fingerprint density at radius 3 is 2.77 bits per heavy atom. The second kappa shape index (κ2) is 9.82. The van der Waals surface area contributed by atoms with Crippen LogP contribution in [-0.2, 0) is 17.8 Å². The lowest BCUT2D eigenvalue weighted by atomic mass is 9.86. The minimum atomic E-state index is -1.02. The molecule has 1 aliphatic heterocycles. The average molecular weight is 478 g/mol. The molecule has 0 spiro atoms. The number of rotatable bonds is 8. The van der Waals surface area contributed by atoms with E-state index in [2.05, 4.69) is 17.2 Å². The molecule has 1 aromatic heterocycles. The average Bonchev–Trinajstić information content (AvgIpc) is 3.33. The van der Waals surface area contributed by atoms with E-state index in [9.17, 15) is 9.90 Å². The summed E-state index contributed by atoms with van der Waals surface area (Å²) in [6.07, 6.45) is 8.33. The molecule has 1 unspecified atom stereocenters. The minimum absolute atomic E-state index is 0.351. The molecule has 0 saturated carbocycles. The van der Waals surface area contributed by atoms with E-state index in [1.807, 2.05) is 39.0 Å². The summed E-state index contributed by atoms with van der Waals surface area (Å²) < 4.78 is 14.4. The number of carbonyl (C=O) groups is 1. The Balaban J connectivity index is 1.50. The fraction of sp³-hybridized carbons (Fsp3) is 0.370. The predicted octanol–water partition coefficient (Wildman–Crippen LogP) is 4.61. The van der Waals surface area contributed by atoms with E-state index < -0.39 is 11.6 Å². The van der Waals surface area contributed by atoms with Crippen LogP contribution in [0.15, 0.2) is 36.7 Å². The third-order valence-corrected chi connectivity index (χ3v) is 6.78. The highest BCUT2D eigenvalue weighted by Crippen LogP contribution is 2.44. The molecule has 8 heteroatoms. The van der Waals surface area contributed by atoms with Crippen LogP contribution in [-0.4, -0.2) is 43.4 Å². The highest BCUT2D eigenvalue weighted by Gasteiger charge is 2.34. The van der Waals surface area contributed by atoms with Crippen molar-refractivity contribution in [1.82, 2.24) is 15.0 Å². The van der Waals surface area contributed by atoms with Gasteiger partial charge in [0, 0.05) is 29.8 Å². The van der Waals surface area contributed by atoms with Crippen LogP contribution in [0, 0.1) is 20.8 Å². The first-order chi connectivity index (χ1) is 16.7. The van der Waals surface area contributed by atoms with Crippen molar-refractivity contribution < 1.29 is 24.5 Å². The molecular formula is C27H31N3O5. The first-order valence-corrected chi connectivity index (χ1v) is 11.7. The quantitative estimate of drug-likeness (QED) is 0.456. The smallest absolute Gasteiger partial charge is 0.328 e. The van der Waals surface area contributed by atoms with Gasteiger partial charge >= 0.3 is 5.97 Å². The number of hydrogen-bond acceptors (Lipinski definition) is 6. The molecule has 2 N–H and O–H groups in total. The van der Waals surface area contributed by atoms with Crippen molar-refractivity contribution >= 4 is 12.0 Å². The van der Waals surface area contributed by atoms with E-state index in [4.69, 9.17) is 14.6 Å². The number of benzene rings is 2. The van der Waals surface area contributed by atoms with Crippen molar-refractivity contribution in [1.29, 1.82) is 0 Å². The van der Waals surface area contributed by atoms with Crippen LogP contribution in [0.4, 0.5) is 0 Å². The van der Waals surface area contributed by atoms with Crippen LogP contribution >= 0.6 is 0 Å². The van der Waals surface area contributed by atoms with Crippen LogP contribution in [0.3, 0.4) is 0 Å². The molecule has 1 atom stereocenters. The van der Waals surface area contributed by atoms with Crippen molar-refractivity contribution in [3.05, 3.63) is 70.0 Å². The van der Waals surface area contributed by atoms with E-state index in [1.165, 1.54) is 6.08 Å². The van der Waals surface area contributed by atoms with Crippen molar-refractivity contribution in [2.24, 2.45) is 0 Å². The van der Waals surface area contributed by atoms with E-state index in [-0.39, 0.29) is 0 Å². The van der Waals surface area contributed by atoms with Gasteiger partial charge in [0.25, 0.3) is 0 Å². The summed E-state index contributed by atoms with van der Waals surface area (Å²) in [6, 6.07) is 5.67. The number of carboxylic acids is 1. The van der Waals surface area contributed by atoms with Gasteiger partial charge in [0.1, 0.15) is 22.8 Å². The zero-order chi connectivity index (χ0) is 25.2. The maximum absolute atomic E-state index is 11.0. The first kappa shape index (κ1) is 24.3. The molecule has 184 valence electrons. The summed E-state index contributed by atoms with van der Waals surface area (Å²) in [5.41, 5.74) is 5.02. The van der Waals surface area contributed by atoms with E-state index in [0.29, 0.717) is 36.6 Å². The Hall–Kier alpha value is -3.81. The van der Waals surface area contributed by atoms with Gasteiger partial charge in [-0.1, -0.05) is 17.3 Å². The zero-order valence-corrected chi connectivity index (χ0v) is 20.5. The second-order valence-electron chi connectivity index (χ2n) is 9.33. The molecule has 8 nitrogen and oxygen atoms in total. The van der Waals surface area contributed by atoms with Crippen LogP contribution in [0.25, 0.3) is 6.08 Å². The van der Waals surface area contributed by atoms with Crippen LogP contribution in [0.5, 0.6) is 17.2 Å². The van der Waals surface area contributed by atoms with Crippen LogP contribution in [0.2, 0.25) is 0 Å². The molecule has 35 heavy (non-hydrogen) atoms. The van der Waals surface area contributed by atoms with Gasteiger partial charge in [0.05, 0.1) is 19.3 Å². The lowest BCUT2D eigenvalue weighted by Gasteiger charge is -2.38. The normalized spacial score (nSPS) is 17.3. The second-order valence-corrected chi connectivity index (χ2v) is 9.33. The fourth-order valence-corrected chi connectivity index (χ4v) is 4.45. The number of phenols is 1. The summed E-state index contributed by atoms with van der Waals surface area (Å²) >= 11 is 0. The van der Waals surface area contributed by atoms with Gasteiger partial charge in [-0.25, -0.2) is 9.48 Å². The Morgan fingerprint density at radius 2 is 2.06 bits per heavy atom.